The molecule has 0 unspecified atom stereocenters. The van der Waals surface area contributed by atoms with Crippen molar-refractivity contribution in [3.63, 3.8) is 0 Å². The molecule has 0 radical (unpaired) electrons. The molecule has 0 atom stereocenters. The van der Waals surface area contributed by atoms with E-state index in [0.29, 0.717) is 0 Å². The second-order valence-electron chi connectivity index (χ2n) is 2.66. The largest absolute Gasteiger partial charge is 0.573 e. The van der Waals surface area contributed by atoms with Gasteiger partial charge in [0.1, 0.15) is 4.90 Å². The highest BCUT2D eigenvalue weighted by Crippen LogP contribution is 2.35. The first-order chi connectivity index (χ1) is 7.11. The second kappa shape index (κ2) is 4.22. The molecule has 0 saturated heterocycles. The molecule has 0 heterocycles. The Hall–Kier alpha value is -0.800. The summed E-state index contributed by atoms with van der Waals surface area (Å²) in [7, 11) is -4.28. The van der Waals surface area contributed by atoms with Crippen LogP contribution in [0.5, 0.6) is 5.75 Å². The molecule has 16 heavy (non-hydrogen) atoms. The van der Waals surface area contributed by atoms with Crippen LogP contribution in [0.25, 0.3) is 0 Å². The average molecular weight is 320 g/mol. The molecular weight excluding hydrogens is 315 g/mol. The predicted octanol–water partition coefficient (Wildman–Crippen LogP) is 2.00. The summed E-state index contributed by atoms with van der Waals surface area (Å²) in [5, 5.41) is 4.75. The van der Waals surface area contributed by atoms with Crippen molar-refractivity contribution in [1.29, 1.82) is 0 Å². The monoisotopic (exact) mass is 319 g/mol. The Morgan fingerprint density at radius 3 is 2.31 bits per heavy atom. The van der Waals surface area contributed by atoms with Crippen LogP contribution < -0.4 is 9.88 Å². The Morgan fingerprint density at radius 1 is 1.31 bits per heavy atom. The van der Waals surface area contributed by atoms with Crippen LogP contribution in [-0.2, 0) is 10.0 Å². The summed E-state index contributed by atoms with van der Waals surface area (Å²) < 4.78 is 61.5. The van der Waals surface area contributed by atoms with Crippen molar-refractivity contribution in [3.8, 4) is 5.75 Å². The number of hydrogen-bond acceptors (Lipinski definition) is 3. The highest BCUT2D eigenvalue weighted by Gasteiger charge is 2.34. The van der Waals surface area contributed by atoms with E-state index in [1.54, 1.807) is 0 Å². The van der Waals surface area contributed by atoms with Crippen molar-refractivity contribution in [3.05, 3.63) is 22.7 Å². The van der Waals surface area contributed by atoms with Crippen molar-refractivity contribution in [2.75, 3.05) is 0 Å². The zero-order valence-electron chi connectivity index (χ0n) is 7.45. The van der Waals surface area contributed by atoms with Crippen molar-refractivity contribution >= 4 is 26.0 Å². The van der Waals surface area contributed by atoms with Gasteiger partial charge in [-0.3, -0.25) is 0 Å². The van der Waals surface area contributed by atoms with E-state index in [0.717, 1.165) is 6.07 Å². The van der Waals surface area contributed by atoms with Crippen molar-refractivity contribution in [2.45, 2.75) is 11.3 Å². The highest BCUT2D eigenvalue weighted by atomic mass is 79.9. The zero-order chi connectivity index (χ0) is 12.6. The van der Waals surface area contributed by atoms with Crippen LogP contribution >= 0.6 is 15.9 Å². The summed E-state index contributed by atoms with van der Waals surface area (Å²) in [5.41, 5.74) is 0. The lowest BCUT2D eigenvalue weighted by Gasteiger charge is -2.13. The third-order valence-electron chi connectivity index (χ3n) is 1.46. The fourth-order valence-electron chi connectivity index (χ4n) is 0.928. The van der Waals surface area contributed by atoms with Gasteiger partial charge in [0.15, 0.2) is 5.75 Å². The number of alkyl halides is 3. The summed E-state index contributed by atoms with van der Waals surface area (Å²) in [6.07, 6.45) is -5.00. The maximum absolute atomic E-state index is 12.0. The molecule has 0 spiro atoms. The van der Waals surface area contributed by atoms with E-state index in [-0.39, 0.29) is 4.47 Å². The molecular formula is C7H5BrF3NO3S. The Kier molecular flexibility index (Phi) is 3.50. The highest BCUT2D eigenvalue weighted by molar-refractivity contribution is 9.10. The molecule has 1 aromatic rings. The van der Waals surface area contributed by atoms with Gasteiger partial charge in [-0.15, -0.1) is 13.2 Å². The molecule has 9 heteroatoms. The average Bonchev–Trinajstić information content (AvgIpc) is 2.04. The maximum Gasteiger partial charge on any atom is 0.573 e. The smallest absolute Gasteiger partial charge is 0.403 e. The Bertz CT molecular complexity index is 500. The lowest BCUT2D eigenvalue weighted by atomic mass is 10.3. The van der Waals surface area contributed by atoms with Gasteiger partial charge in [-0.1, -0.05) is 6.07 Å². The number of halogens is 4. The third kappa shape index (κ3) is 3.35. The van der Waals surface area contributed by atoms with Gasteiger partial charge in [-0.25, -0.2) is 13.6 Å². The molecule has 0 bridgehead atoms. The minimum Gasteiger partial charge on any atom is -0.403 e. The summed E-state index contributed by atoms with van der Waals surface area (Å²) in [6, 6.07) is 3.35. The molecule has 0 saturated carbocycles. The first kappa shape index (κ1) is 13.3. The van der Waals surface area contributed by atoms with Gasteiger partial charge in [-0.2, -0.15) is 0 Å². The van der Waals surface area contributed by atoms with Gasteiger partial charge in [-0.05, 0) is 28.1 Å². The van der Waals surface area contributed by atoms with E-state index >= 15 is 0 Å². The second-order valence-corrected chi connectivity index (χ2v) is 5.04. The Labute approximate surface area is 97.4 Å². The van der Waals surface area contributed by atoms with Crippen LogP contribution in [0.2, 0.25) is 0 Å². The summed E-state index contributed by atoms with van der Waals surface area (Å²) in [6.45, 7) is 0. The molecule has 0 aliphatic heterocycles. The van der Waals surface area contributed by atoms with Gasteiger partial charge in [0.25, 0.3) is 0 Å². The van der Waals surface area contributed by atoms with E-state index in [1.807, 2.05) is 0 Å². The van der Waals surface area contributed by atoms with Crippen molar-refractivity contribution < 1.29 is 26.3 Å². The first-order valence-electron chi connectivity index (χ1n) is 3.68. The summed E-state index contributed by atoms with van der Waals surface area (Å²) >= 11 is 2.75. The lowest BCUT2D eigenvalue weighted by molar-refractivity contribution is -0.275. The van der Waals surface area contributed by atoms with Gasteiger partial charge < -0.3 is 4.74 Å². The SMILES string of the molecule is NS(=O)(=O)c1cccc(Br)c1OC(F)(F)F. The van der Waals surface area contributed by atoms with Crippen LogP contribution in [0.15, 0.2) is 27.6 Å². The molecule has 0 amide bonds. The summed E-state index contributed by atoms with van der Waals surface area (Å²) in [4.78, 5) is -0.737. The Morgan fingerprint density at radius 2 is 1.88 bits per heavy atom. The van der Waals surface area contributed by atoms with Crippen LogP contribution in [0.1, 0.15) is 0 Å². The standard InChI is InChI=1S/C7H5BrF3NO3S/c8-4-2-1-3-5(16(12,13)14)6(4)15-7(9,10)11/h1-3H,(H2,12,13,14). The number of para-hydroxylation sites is 1. The van der Waals surface area contributed by atoms with Crippen LogP contribution in [-0.4, -0.2) is 14.8 Å². The molecule has 0 fully saturated rings. The topological polar surface area (TPSA) is 69.4 Å². The fraction of sp³-hybridized carbons (Fsp3) is 0.143. The molecule has 1 aromatic carbocycles. The number of nitrogens with two attached hydrogens (primary N) is 1. The minimum atomic E-state index is -5.00. The normalized spacial score (nSPS) is 12.6. The van der Waals surface area contributed by atoms with Crippen LogP contribution in [0, 0.1) is 0 Å². The molecule has 0 aliphatic rings. The fourth-order valence-corrected chi connectivity index (χ4v) is 2.18. The number of benzene rings is 1. The van der Waals surface area contributed by atoms with Crippen LogP contribution in [0.3, 0.4) is 0 Å². The molecule has 0 aliphatic carbocycles. The van der Waals surface area contributed by atoms with E-state index in [4.69, 9.17) is 5.14 Å². The van der Waals surface area contributed by atoms with E-state index in [2.05, 4.69) is 20.7 Å². The minimum absolute atomic E-state index is 0.156. The van der Waals surface area contributed by atoms with Gasteiger partial charge in [0.05, 0.1) is 4.47 Å². The van der Waals surface area contributed by atoms with E-state index < -0.39 is 27.0 Å². The number of primary sulfonamides is 1. The van der Waals surface area contributed by atoms with Gasteiger partial charge in [0, 0.05) is 0 Å². The van der Waals surface area contributed by atoms with Gasteiger partial charge in [0.2, 0.25) is 10.0 Å². The molecule has 0 aromatic heterocycles. The summed E-state index contributed by atoms with van der Waals surface area (Å²) in [5.74, 6) is -0.877. The van der Waals surface area contributed by atoms with Gasteiger partial charge >= 0.3 is 6.36 Å². The number of hydrogen-bond donors (Lipinski definition) is 1. The van der Waals surface area contributed by atoms with E-state index in [1.165, 1.54) is 12.1 Å². The lowest BCUT2D eigenvalue weighted by Crippen LogP contribution is -2.21. The van der Waals surface area contributed by atoms with Crippen molar-refractivity contribution in [2.24, 2.45) is 5.14 Å². The number of rotatable bonds is 2. The molecule has 4 nitrogen and oxygen atoms in total. The first-order valence-corrected chi connectivity index (χ1v) is 6.02. The Balaban J connectivity index is 3.36. The van der Waals surface area contributed by atoms with Crippen LogP contribution in [0.4, 0.5) is 13.2 Å². The molecule has 2 N–H and O–H groups in total. The quantitative estimate of drug-likeness (QED) is 0.906. The number of ether oxygens (including phenoxy) is 1. The van der Waals surface area contributed by atoms with E-state index in [9.17, 15) is 21.6 Å². The molecule has 1 rings (SSSR count). The number of sulfonamides is 1. The molecule has 90 valence electrons. The zero-order valence-corrected chi connectivity index (χ0v) is 9.86. The predicted molar refractivity (Wildman–Crippen MR) is 52.2 cm³/mol. The third-order valence-corrected chi connectivity index (χ3v) is 3.01. The van der Waals surface area contributed by atoms with Crippen molar-refractivity contribution in [1.82, 2.24) is 0 Å². The maximum atomic E-state index is 12.0.